The third-order valence-electron chi connectivity index (χ3n) is 3.74. The van der Waals surface area contributed by atoms with E-state index in [1.54, 1.807) is 30.3 Å². The van der Waals surface area contributed by atoms with Crippen molar-refractivity contribution in [2.75, 3.05) is 0 Å². The molecule has 0 saturated heterocycles. The van der Waals surface area contributed by atoms with Crippen molar-refractivity contribution in [3.05, 3.63) is 65.5 Å². The molecule has 1 amide bonds. The average molecular weight is 366 g/mol. The SMILES string of the molecule is O=C(O)CCC(Cc1ccccc1)NC(=O)c1ccncc1C(F)(F)F. The molecule has 0 fully saturated rings. The van der Waals surface area contributed by atoms with E-state index >= 15 is 0 Å². The van der Waals surface area contributed by atoms with Gasteiger partial charge in [0.1, 0.15) is 0 Å². The Balaban J connectivity index is 2.19. The van der Waals surface area contributed by atoms with Gasteiger partial charge in [-0.25, -0.2) is 0 Å². The summed E-state index contributed by atoms with van der Waals surface area (Å²) in [6.45, 7) is 0. The van der Waals surface area contributed by atoms with Gasteiger partial charge in [-0.05, 0) is 24.5 Å². The van der Waals surface area contributed by atoms with E-state index in [9.17, 15) is 22.8 Å². The molecule has 138 valence electrons. The van der Waals surface area contributed by atoms with E-state index in [0.717, 1.165) is 17.8 Å². The molecule has 0 saturated carbocycles. The maximum Gasteiger partial charge on any atom is 0.418 e. The first kappa shape index (κ1) is 19.4. The molecule has 5 nitrogen and oxygen atoms in total. The van der Waals surface area contributed by atoms with Crippen molar-refractivity contribution in [1.82, 2.24) is 10.3 Å². The van der Waals surface area contributed by atoms with Crippen molar-refractivity contribution >= 4 is 11.9 Å². The molecular formula is C18H17F3N2O3. The topological polar surface area (TPSA) is 79.3 Å². The number of carboxylic acid groups (broad SMARTS) is 1. The zero-order chi connectivity index (χ0) is 19.2. The molecule has 1 heterocycles. The van der Waals surface area contributed by atoms with E-state index in [0.29, 0.717) is 12.6 Å². The number of aliphatic carboxylic acids is 1. The standard InChI is InChI=1S/C18H17F3N2O3/c19-18(20,21)15-11-22-9-8-14(15)17(26)23-13(6-7-16(24)25)10-12-4-2-1-3-5-12/h1-5,8-9,11,13H,6-7,10H2,(H,23,26)(H,24,25). The van der Waals surface area contributed by atoms with Crippen LogP contribution in [0.3, 0.4) is 0 Å². The number of benzene rings is 1. The summed E-state index contributed by atoms with van der Waals surface area (Å²) in [5, 5.41) is 11.4. The summed E-state index contributed by atoms with van der Waals surface area (Å²) in [5.41, 5.74) is -0.830. The monoisotopic (exact) mass is 366 g/mol. The number of carbonyl (C=O) groups is 2. The fraction of sp³-hybridized carbons (Fsp3) is 0.278. The van der Waals surface area contributed by atoms with Crippen molar-refractivity contribution in [2.24, 2.45) is 0 Å². The smallest absolute Gasteiger partial charge is 0.418 e. The number of aromatic nitrogens is 1. The average Bonchev–Trinajstić information content (AvgIpc) is 2.59. The van der Waals surface area contributed by atoms with Crippen LogP contribution in [0.1, 0.15) is 34.3 Å². The summed E-state index contributed by atoms with van der Waals surface area (Å²) in [5.74, 6) is -1.96. The van der Waals surface area contributed by atoms with Gasteiger partial charge in [0.15, 0.2) is 0 Å². The second kappa shape index (κ2) is 8.46. The summed E-state index contributed by atoms with van der Waals surface area (Å²) in [6, 6.07) is 9.36. The van der Waals surface area contributed by atoms with E-state index in [1.165, 1.54) is 0 Å². The minimum Gasteiger partial charge on any atom is -0.481 e. The Bertz CT molecular complexity index is 764. The van der Waals surface area contributed by atoms with Crippen LogP contribution in [0, 0.1) is 0 Å². The number of rotatable bonds is 7. The van der Waals surface area contributed by atoms with Crippen molar-refractivity contribution in [1.29, 1.82) is 0 Å². The van der Waals surface area contributed by atoms with Gasteiger partial charge in [0, 0.05) is 24.9 Å². The summed E-state index contributed by atoms with van der Waals surface area (Å²) in [6.07, 6.45) is -2.81. The lowest BCUT2D eigenvalue weighted by molar-refractivity contribution is -0.138. The van der Waals surface area contributed by atoms with Crippen molar-refractivity contribution in [3.63, 3.8) is 0 Å². The molecule has 2 aromatic rings. The zero-order valence-electron chi connectivity index (χ0n) is 13.7. The van der Waals surface area contributed by atoms with Gasteiger partial charge in [-0.1, -0.05) is 30.3 Å². The maximum absolute atomic E-state index is 13.0. The number of nitrogens with zero attached hydrogens (tertiary/aromatic N) is 1. The van der Waals surface area contributed by atoms with Gasteiger partial charge in [0.2, 0.25) is 0 Å². The van der Waals surface area contributed by atoms with Crippen LogP contribution < -0.4 is 5.32 Å². The number of pyridine rings is 1. The molecule has 0 aliphatic carbocycles. The first-order chi connectivity index (χ1) is 12.3. The van der Waals surface area contributed by atoms with Crippen molar-refractivity contribution in [2.45, 2.75) is 31.5 Å². The quantitative estimate of drug-likeness (QED) is 0.788. The molecule has 0 spiro atoms. The number of carbonyl (C=O) groups excluding carboxylic acids is 1. The fourth-order valence-electron chi connectivity index (χ4n) is 2.50. The Morgan fingerprint density at radius 3 is 2.46 bits per heavy atom. The van der Waals surface area contributed by atoms with E-state index in [-0.39, 0.29) is 12.8 Å². The first-order valence-electron chi connectivity index (χ1n) is 7.85. The van der Waals surface area contributed by atoms with Crippen LogP contribution in [0.2, 0.25) is 0 Å². The molecule has 1 atom stereocenters. The highest BCUT2D eigenvalue weighted by molar-refractivity contribution is 5.96. The highest BCUT2D eigenvalue weighted by Crippen LogP contribution is 2.31. The molecule has 8 heteroatoms. The maximum atomic E-state index is 13.0. The summed E-state index contributed by atoms with van der Waals surface area (Å²) >= 11 is 0. The Morgan fingerprint density at radius 1 is 1.15 bits per heavy atom. The van der Waals surface area contributed by atoms with Crippen LogP contribution in [0.25, 0.3) is 0 Å². The lowest BCUT2D eigenvalue weighted by Gasteiger charge is -2.20. The van der Waals surface area contributed by atoms with Crippen LogP contribution >= 0.6 is 0 Å². The minimum atomic E-state index is -4.71. The van der Waals surface area contributed by atoms with Crippen molar-refractivity contribution < 1.29 is 27.9 Å². The van der Waals surface area contributed by atoms with Gasteiger partial charge in [0.25, 0.3) is 5.91 Å². The van der Waals surface area contributed by atoms with E-state index in [2.05, 4.69) is 10.3 Å². The predicted molar refractivity (Wildman–Crippen MR) is 87.5 cm³/mol. The zero-order valence-corrected chi connectivity index (χ0v) is 13.7. The van der Waals surface area contributed by atoms with Gasteiger partial charge in [-0.15, -0.1) is 0 Å². The first-order valence-corrected chi connectivity index (χ1v) is 7.85. The molecule has 0 bridgehead atoms. The number of hydrogen-bond donors (Lipinski definition) is 2. The Kier molecular flexibility index (Phi) is 6.32. The number of carboxylic acids is 1. The molecule has 0 radical (unpaired) electrons. The van der Waals surface area contributed by atoms with Crippen molar-refractivity contribution in [3.8, 4) is 0 Å². The lowest BCUT2D eigenvalue weighted by Crippen LogP contribution is -2.37. The molecule has 1 unspecified atom stereocenters. The number of amides is 1. The summed E-state index contributed by atoms with van der Waals surface area (Å²) < 4.78 is 39.1. The molecule has 1 aromatic heterocycles. The van der Waals surface area contributed by atoms with E-state index in [1.807, 2.05) is 0 Å². The van der Waals surface area contributed by atoms with Gasteiger partial charge in [-0.3, -0.25) is 14.6 Å². The van der Waals surface area contributed by atoms with Gasteiger partial charge in [-0.2, -0.15) is 13.2 Å². The summed E-state index contributed by atoms with van der Waals surface area (Å²) in [4.78, 5) is 26.6. The van der Waals surface area contributed by atoms with E-state index in [4.69, 9.17) is 5.11 Å². The second-order valence-corrected chi connectivity index (χ2v) is 5.71. The van der Waals surface area contributed by atoms with Crippen LogP contribution in [0.5, 0.6) is 0 Å². The number of halogens is 3. The van der Waals surface area contributed by atoms with Crippen LogP contribution in [-0.2, 0) is 17.4 Å². The normalized spacial score (nSPS) is 12.4. The Morgan fingerprint density at radius 2 is 1.85 bits per heavy atom. The third kappa shape index (κ3) is 5.58. The molecule has 2 N–H and O–H groups in total. The number of nitrogens with one attached hydrogen (secondary N) is 1. The minimum absolute atomic E-state index is 0.0996. The predicted octanol–water partition coefficient (Wildman–Crippen LogP) is 3.31. The Labute approximate surface area is 147 Å². The van der Waals surface area contributed by atoms with Crippen LogP contribution in [-0.4, -0.2) is 28.0 Å². The second-order valence-electron chi connectivity index (χ2n) is 5.71. The van der Waals surface area contributed by atoms with Crippen LogP contribution in [0.4, 0.5) is 13.2 Å². The van der Waals surface area contributed by atoms with Gasteiger partial charge in [0.05, 0.1) is 11.1 Å². The lowest BCUT2D eigenvalue weighted by atomic mass is 10.0. The molecule has 26 heavy (non-hydrogen) atoms. The molecule has 0 aliphatic rings. The van der Waals surface area contributed by atoms with Gasteiger partial charge >= 0.3 is 12.1 Å². The number of hydrogen-bond acceptors (Lipinski definition) is 3. The van der Waals surface area contributed by atoms with Crippen LogP contribution in [0.15, 0.2) is 48.8 Å². The molecule has 0 aliphatic heterocycles. The molecule has 1 aromatic carbocycles. The third-order valence-corrected chi connectivity index (χ3v) is 3.74. The summed E-state index contributed by atoms with van der Waals surface area (Å²) in [7, 11) is 0. The highest BCUT2D eigenvalue weighted by Gasteiger charge is 2.35. The number of alkyl halides is 3. The van der Waals surface area contributed by atoms with Gasteiger partial charge < -0.3 is 10.4 Å². The molecule has 2 rings (SSSR count). The highest BCUT2D eigenvalue weighted by atomic mass is 19.4. The Hall–Kier alpha value is -2.90. The van der Waals surface area contributed by atoms with E-state index < -0.39 is 35.2 Å². The fourth-order valence-corrected chi connectivity index (χ4v) is 2.50. The molecular weight excluding hydrogens is 349 g/mol. The largest absolute Gasteiger partial charge is 0.481 e.